The largest absolute Gasteiger partial charge is 0.385 e. The van der Waals surface area contributed by atoms with Crippen LogP contribution in [-0.2, 0) is 15.1 Å². The van der Waals surface area contributed by atoms with Gasteiger partial charge in [-0.3, -0.25) is 4.79 Å². The number of carbonyl (C=O) groups excluding carboxylic acids is 1. The molecule has 1 saturated carbocycles. The number of carbonyl (C=O) groups is 1. The van der Waals surface area contributed by atoms with E-state index in [0.29, 0.717) is 77.3 Å². The molecule has 1 saturated heterocycles. The first-order chi connectivity index (χ1) is 19.0. The number of unbranched alkanes of at least 4 members (excludes halogenated alkanes) is 1. The number of aliphatic hydroxyl groups is 1. The summed E-state index contributed by atoms with van der Waals surface area (Å²) in [6.07, 6.45) is 3.70. The molecule has 2 fully saturated rings. The maximum Gasteiger partial charge on any atom is 0.248 e. The molecule has 2 aliphatic rings. The van der Waals surface area contributed by atoms with Gasteiger partial charge in [0.15, 0.2) is 11.6 Å². The third-order valence-corrected chi connectivity index (χ3v) is 8.67. The summed E-state index contributed by atoms with van der Waals surface area (Å²) in [6, 6.07) is 1.32. The molecular weight excluding hydrogens is 531 g/mol. The van der Waals surface area contributed by atoms with E-state index >= 15 is 0 Å². The lowest BCUT2D eigenvalue weighted by Crippen LogP contribution is -2.49. The van der Waals surface area contributed by atoms with Gasteiger partial charge >= 0.3 is 0 Å². The van der Waals surface area contributed by atoms with Gasteiger partial charge in [-0.2, -0.15) is 0 Å². The van der Waals surface area contributed by atoms with Crippen LogP contribution in [0.15, 0.2) is 12.1 Å². The van der Waals surface area contributed by atoms with E-state index < -0.39 is 40.5 Å². The van der Waals surface area contributed by atoms with Crippen molar-refractivity contribution in [2.24, 2.45) is 17.8 Å². The minimum atomic E-state index is -2.60. The summed E-state index contributed by atoms with van der Waals surface area (Å²) in [6.45, 7) is 4.04. The normalized spacial score (nSPS) is 22.2. The Labute approximate surface area is 234 Å². The van der Waals surface area contributed by atoms with Crippen LogP contribution in [0.2, 0.25) is 0 Å². The summed E-state index contributed by atoms with van der Waals surface area (Å²) in [4.78, 5) is 15.1. The molecule has 1 amide bonds. The standard InChI is InChI=1S/C30H45F5N2O3/c1-3-40-14-5-4-10-30(39,25-17-24(31)18-26(32)28(25)33)23-7-6-13-37(20-23)27(38)16-22(19-36-2)15-21-8-11-29(34,35)12-9-21/h17-18,21-23,36,39H,3-16,19-20H2,1-2H3/t22-,23-,30+/m1/s1. The minimum absolute atomic E-state index is 0.0261. The number of hydrogen-bond donors (Lipinski definition) is 2. The van der Waals surface area contributed by atoms with E-state index in [1.807, 2.05) is 6.92 Å². The fourth-order valence-electron chi connectivity index (χ4n) is 6.48. The Balaban J connectivity index is 1.72. The molecule has 1 aromatic rings. The lowest BCUT2D eigenvalue weighted by molar-refractivity contribution is -0.138. The van der Waals surface area contributed by atoms with Crippen LogP contribution in [0.25, 0.3) is 0 Å². The second-order valence-corrected chi connectivity index (χ2v) is 11.7. The number of piperidine rings is 1. The molecule has 228 valence electrons. The van der Waals surface area contributed by atoms with Crippen molar-refractivity contribution in [3.63, 3.8) is 0 Å². The average Bonchev–Trinajstić information content (AvgIpc) is 2.91. The van der Waals surface area contributed by atoms with Crippen LogP contribution < -0.4 is 5.32 Å². The van der Waals surface area contributed by atoms with Crippen molar-refractivity contribution in [3.05, 3.63) is 35.1 Å². The fourth-order valence-corrected chi connectivity index (χ4v) is 6.48. The van der Waals surface area contributed by atoms with Gasteiger partial charge in [-0.15, -0.1) is 0 Å². The number of hydrogen-bond acceptors (Lipinski definition) is 4. The molecule has 40 heavy (non-hydrogen) atoms. The summed E-state index contributed by atoms with van der Waals surface area (Å²) in [5, 5.41) is 15.0. The van der Waals surface area contributed by atoms with Gasteiger partial charge < -0.3 is 20.1 Å². The molecule has 5 nitrogen and oxygen atoms in total. The Morgan fingerprint density at radius 2 is 1.93 bits per heavy atom. The van der Waals surface area contributed by atoms with Gasteiger partial charge in [0, 0.05) is 63.1 Å². The smallest absolute Gasteiger partial charge is 0.248 e. The van der Waals surface area contributed by atoms with Gasteiger partial charge in [0.2, 0.25) is 11.8 Å². The van der Waals surface area contributed by atoms with E-state index in [0.717, 1.165) is 6.07 Å². The predicted octanol–water partition coefficient (Wildman–Crippen LogP) is 6.18. The molecule has 0 spiro atoms. The zero-order chi connectivity index (χ0) is 29.3. The van der Waals surface area contributed by atoms with Crippen LogP contribution >= 0.6 is 0 Å². The summed E-state index contributed by atoms with van der Waals surface area (Å²) >= 11 is 0. The lowest BCUT2D eigenvalue weighted by Gasteiger charge is -2.43. The molecule has 1 aliphatic carbocycles. The highest BCUT2D eigenvalue weighted by atomic mass is 19.3. The molecule has 2 N–H and O–H groups in total. The number of nitrogens with zero attached hydrogens (tertiary/aromatic N) is 1. The number of rotatable bonds is 14. The van der Waals surface area contributed by atoms with Gasteiger partial charge in [-0.25, -0.2) is 22.0 Å². The summed E-state index contributed by atoms with van der Waals surface area (Å²) in [7, 11) is 1.79. The highest BCUT2D eigenvalue weighted by Gasteiger charge is 2.44. The number of ether oxygens (including phenoxy) is 1. The summed E-state index contributed by atoms with van der Waals surface area (Å²) in [5.74, 6) is -6.81. The van der Waals surface area contributed by atoms with Gasteiger partial charge in [-0.05, 0) is 89.8 Å². The number of likely N-dealkylation sites (tertiary alicyclic amines) is 1. The van der Waals surface area contributed by atoms with E-state index in [9.17, 15) is 31.9 Å². The van der Waals surface area contributed by atoms with Crippen LogP contribution in [0.3, 0.4) is 0 Å². The first-order valence-corrected chi connectivity index (χ1v) is 14.7. The Hall–Kier alpha value is -1.78. The van der Waals surface area contributed by atoms with Gasteiger partial charge in [0.1, 0.15) is 5.82 Å². The van der Waals surface area contributed by atoms with E-state index in [4.69, 9.17) is 4.74 Å². The maximum absolute atomic E-state index is 15.0. The molecule has 0 aromatic heterocycles. The van der Waals surface area contributed by atoms with Crippen LogP contribution in [-0.4, -0.2) is 61.7 Å². The van der Waals surface area contributed by atoms with Crippen LogP contribution in [0.5, 0.6) is 0 Å². The van der Waals surface area contributed by atoms with Crippen molar-refractivity contribution >= 4 is 5.91 Å². The zero-order valence-electron chi connectivity index (χ0n) is 23.8. The Morgan fingerprint density at radius 1 is 1.20 bits per heavy atom. The molecule has 1 aliphatic heterocycles. The van der Waals surface area contributed by atoms with Crippen molar-refractivity contribution in [2.75, 3.05) is 39.9 Å². The second kappa shape index (κ2) is 14.9. The first-order valence-electron chi connectivity index (χ1n) is 14.7. The third kappa shape index (κ3) is 8.86. The molecule has 0 unspecified atom stereocenters. The van der Waals surface area contributed by atoms with Crippen molar-refractivity contribution in [2.45, 2.75) is 89.1 Å². The lowest BCUT2D eigenvalue weighted by atomic mass is 9.73. The number of benzene rings is 1. The van der Waals surface area contributed by atoms with E-state index in [1.54, 1.807) is 11.9 Å². The van der Waals surface area contributed by atoms with Crippen LogP contribution in [0.4, 0.5) is 22.0 Å². The van der Waals surface area contributed by atoms with Gasteiger partial charge in [0.25, 0.3) is 0 Å². The number of alkyl halides is 2. The van der Waals surface area contributed by atoms with Crippen molar-refractivity contribution in [1.29, 1.82) is 0 Å². The van der Waals surface area contributed by atoms with Gasteiger partial charge in [0.05, 0.1) is 5.60 Å². The summed E-state index contributed by atoms with van der Waals surface area (Å²) in [5.41, 5.74) is -2.28. The topological polar surface area (TPSA) is 61.8 Å². The number of nitrogens with one attached hydrogen (secondary N) is 1. The molecule has 1 heterocycles. The van der Waals surface area contributed by atoms with E-state index in [-0.39, 0.29) is 50.0 Å². The highest BCUT2D eigenvalue weighted by molar-refractivity contribution is 5.76. The predicted molar refractivity (Wildman–Crippen MR) is 143 cm³/mol. The van der Waals surface area contributed by atoms with Crippen LogP contribution in [0.1, 0.15) is 83.1 Å². The van der Waals surface area contributed by atoms with Gasteiger partial charge in [-0.1, -0.05) is 0 Å². The molecule has 3 atom stereocenters. The maximum atomic E-state index is 15.0. The van der Waals surface area contributed by atoms with E-state index in [1.165, 1.54) is 0 Å². The van der Waals surface area contributed by atoms with Crippen LogP contribution in [0, 0.1) is 35.2 Å². The average molecular weight is 577 g/mol. The SMILES string of the molecule is CCOCCCC[C@@](O)(c1cc(F)cc(F)c1F)[C@@H]1CCCN(C(=O)C[C@H](CNC)CC2CCC(F)(F)CC2)C1. The third-order valence-electron chi connectivity index (χ3n) is 8.67. The Bertz CT molecular complexity index is 956. The Morgan fingerprint density at radius 3 is 2.60 bits per heavy atom. The van der Waals surface area contributed by atoms with Crippen molar-refractivity contribution < 1.29 is 36.6 Å². The number of halogens is 5. The minimum Gasteiger partial charge on any atom is -0.385 e. The molecule has 0 radical (unpaired) electrons. The molecule has 1 aromatic carbocycles. The van der Waals surface area contributed by atoms with Crippen molar-refractivity contribution in [3.8, 4) is 0 Å². The van der Waals surface area contributed by atoms with E-state index in [2.05, 4.69) is 5.32 Å². The Kier molecular flexibility index (Phi) is 12.2. The highest BCUT2D eigenvalue weighted by Crippen LogP contribution is 2.42. The molecular formula is C30H45F5N2O3. The zero-order valence-corrected chi connectivity index (χ0v) is 23.8. The van der Waals surface area contributed by atoms with Crippen molar-refractivity contribution in [1.82, 2.24) is 10.2 Å². The molecule has 0 bridgehead atoms. The quantitative estimate of drug-likeness (QED) is 0.158. The summed E-state index contributed by atoms with van der Waals surface area (Å²) < 4.78 is 76.0. The monoisotopic (exact) mass is 576 g/mol. The number of amides is 1. The fraction of sp³-hybridized carbons (Fsp3) is 0.767. The molecule has 3 rings (SSSR count). The molecule has 10 heteroatoms. The second-order valence-electron chi connectivity index (χ2n) is 11.7. The first kappa shape index (κ1) is 32.7.